The van der Waals surface area contributed by atoms with Crippen LogP contribution in [0.25, 0.3) is 22.1 Å². The summed E-state index contributed by atoms with van der Waals surface area (Å²) in [6.07, 6.45) is 0. The minimum atomic E-state index is -0.443. The van der Waals surface area contributed by atoms with Gasteiger partial charge in [0.2, 0.25) is 0 Å². The molecule has 26 heavy (non-hydrogen) atoms. The number of nitro benzene ring substituents is 1. The summed E-state index contributed by atoms with van der Waals surface area (Å²) < 4.78 is 0. The Labute approximate surface area is 146 Å². The Bertz CT molecular complexity index is 1170. The van der Waals surface area contributed by atoms with Crippen LogP contribution in [-0.2, 0) is 0 Å². The van der Waals surface area contributed by atoms with E-state index in [0.717, 1.165) is 10.9 Å². The second-order valence-corrected chi connectivity index (χ2v) is 5.62. The first-order valence-electron chi connectivity index (χ1n) is 7.78. The van der Waals surface area contributed by atoms with Crippen molar-refractivity contribution in [1.82, 2.24) is 20.2 Å². The Kier molecular flexibility index (Phi) is 3.73. The van der Waals surface area contributed by atoms with Gasteiger partial charge < -0.3 is 4.98 Å². The van der Waals surface area contributed by atoms with E-state index >= 15 is 0 Å². The molecule has 4 rings (SSSR count). The standard InChI is InChI=1S/C17H13N7O2/c1-10(11-5-4-6-12(9-11)24(25)26)20-22-17-19-16-15(21-23-17)13-7-2-3-8-14(13)18-16/h2-9H,1H3,(H2,18,19,22,23)/b20-10-. The highest BCUT2D eigenvalue weighted by Crippen LogP contribution is 2.21. The van der Waals surface area contributed by atoms with Crippen molar-refractivity contribution in [2.75, 3.05) is 5.43 Å². The first-order chi connectivity index (χ1) is 12.6. The van der Waals surface area contributed by atoms with E-state index in [0.29, 0.717) is 22.4 Å². The third-order valence-corrected chi connectivity index (χ3v) is 3.92. The summed E-state index contributed by atoms with van der Waals surface area (Å²) in [6.45, 7) is 1.74. The van der Waals surface area contributed by atoms with Gasteiger partial charge in [-0.05, 0) is 13.0 Å². The Morgan fingerprint density at radius 2 is 2.04 bits per heavy atom. The molecular weight excluding hydrogens is 334 g/mol. The number of non-ortho nitro benzene ring substituents is 1. The van der Waals surface area contributed by atoms with Gasteiger partial charge in [-0.3, -0.25) is 10.1 Å². The van der Waals surface area contributed by atoms with Crippen molar-refractivity contribution in [2.24, 2.45) is 5.10 Å². The maximum Gasteiger partial charge on any atom is 0.270 e. The molecule has 0 bridgehead atoms. The summed E-state index contributed by atoms with van der Waals surface area (Å²) in [5, 5.41) is 24.2. The molecule has 2 N–H and O–H groups in total. The Morgan fingerprint density at radius 3 is 2.88 bits per heavy atom. The smallest absolute Gasteiger partial charge is 0.270 e. The van der Waals surface area contributed by atoms with E-state index in [-0.39, 0.29) is 11.6 Å². The van der Waals surface area contributed by atoms with Gasteiger partial charge in [-0.1, -0.05) is 30.3 Å². The number of anilines is 1. The normalized spacial score (nSPS) is 11.8. The van der Waals surface area contributed by atoms with E-state index in [1.165, 1.54) is 12.1 Å². The van der Waals surface area contributed by atoms with Gasteiger partial charge in [0.15, 0.2) is 5.65 Å². The summed E-state index contributed by atoms with van der Waals surface area (Å²) in [5.41, 5.74) is 6.16. The number of fused-ring (bicyclic) bond motifs is 3. The highest BCUT2D eigenvalue weighted by atomic mass is 16.6. The monoisotopic (exact) mass is 347 g/mol. The first-order valence-corrected chi connectivity index (χ1v) is 7.78. The van der Waals surface area contributed by atoms with Crippen molar-refractivity contribution in [3.63, 3.8) is 0 Å². The molecule has 0 aliphatic rings. The van der Waals surface area contributed by atoms with E-state index in [1.54, 1.807) is 19.1 Å². The second-order valence-electron chi connectivity index (χ2n) is 5.62. The third-order valence-electron chi connectivity index (χ3n) is 3.92. The fourth-order valence-corrected chi connectivity index (χ4v) is 2.61. The first kappa shape index (κ1) is 15.6. The van der Waals surface area contributed by atoms with E-state index in [1.807, 2.05) is 24.3 Å². The lowest BCUT2D eigenvalue weighted by Crippen LogP contribution is -2.03. The van der Waals surface area contributed by atoms with Gasteiger partial charge in [0.25, 0.3) is 11.6 Å². The van der Waals surface area contributed by atoms with Gasteiger partial charge in [0, 0.05) is 28.6 Å². The molecule has 128 valence electrons. The molecule has 0 saturated carbocycles. The number of H-pyrrole nitrogens is 1. The molecule has 9 heteroatoms. The van der Waals surface area contributed by atoms with Crippen molar-refractivity contribution >= 4 is 39.4 Å². The number of nitrogens with one attached hydrogen (secondary N) is 2. The van der Waals surface area contributed by atoms with E-state index in [2.05, 4.69) is 30.7 Å². The van der Waals surface area contributed by atoms with Gasteiger partial charge in [-0.2, -0.15) is 10.1 Å². The molecule has 2 heterocycles. The predicted molar refractivity (Wildman–Crippen MR) is 98.1 cm³/mol. The van der Waals surface area contributed by atoms with Crippen LogP contribution in [-0.4, -0.2) is 30.8 Å². The summed E-state index contributed by atoms with van der Waals surface area (Å²) in [4.78, 5) is 18.0. The van der Waals surface area contributed by atoms with Crippen LogP contribution < -0.4 is 5.43 Å². The lowest BCUT2D eigenvalue weighted by Gasteiger charge is -2.02. The summed E-state index contributed by atoms with van der Waals surface area (Å²) in [5.74, 6) is 0.230. The molecule has 0 spiro atoms. The van der Waals surface area contributed by atoms with E-state index in [4.69, 9.17) is 0 Å². The highest BCUT2D eigenvalue weighted by molar-refractivity contribution is 6.03. The minimum Gasteiger partial charge on any atom is -0.338 e. The molecule has 0 amide bonds. The molecule has 0 atom stereocenters. The van der Waals surface area contributed by atoms with Crippen LogP contribution in [0.5, 0.6) is 0 Å². The number of benzene rings is 2. The number of nitrogens with zero attached hydrogens (tertiary/aromatic N) is 5. The Balaban J connectivity index is 1.62. The van der Waals surface area contributed by atoms with Crippen LogP contribution in [0.4, 0.5) is 11.6 Å². The molecule has 2 aromatic carbocycles. The molecule has 9 nitrogen and oxygen atoms in total. The zero-order chi connectivity index (χ0) is 18.1. The maximum absolute atomic E-state index is 10.9. The molecule has 0 saturated heterocycles. The van der Waals surface area contributed by atoms with Crippen LogP contribution >= 0.6 is 0 Å². The SMILES string of the molecule is C/C(=N/Nc1nnc2c(n1)[nH]c1ccccc12)c1cccc([N+](=O)[O-])c1. The third kappa shape index (κ3) is 2.81. The Hall–Kier alpha value is -3.88. The molecular formula is C17H13N7O2. The van der Waals surface area contributed by atoms with Crippen LogP contribution in [0, 0.1) is 10.1 Å². The highest BCUT2D eigenvalue weighted by Gasteiger charge is 2.09. The molecule has 2 aromatic heterocycles. The van der Waals surface area contributed by atoms with Crippen LogP contribution in [0.3, 0.4) is 0 Å². The zero-order valence-electron chi connectivity index (χ0n) is 13.7. The van der Waals surface area contributed by atoms with Crippen molar-refractivity contribution in [3.05, 3.63) is 64.2 Å². The lowest BCUT2D eigenvalue weighted by atomic mass is 10.1. The molecule has 0 aliphatic heterocycles. The minimum absolute atomic E-state index is 0.00876. The van der Waals surface area contributed by atoms with E-state index < -0.39 is 4.92 Å². The van der Waals surface area contributed by atoms with E-state index in [9.17, 15) is 10.1 Å². The van der Waals surface area contributed by atoms with Gasteiger partial charge in [-0.25, -0.2) is 5.43 Å². The zero-order valence-corrected chi connectivity index (χ0v) is 13.7. The lowest BCUT2D eigenvalue weighted by molar-refractivity contribution is -0.384. The summed E-state index contributed by atoms with van der Waals surface area (Å²) >= 11 is 0. The van der Waals surface area contributed by atoms with Gasteiger partial charge in [0.1, 0.15) is 5.52 Å². The van der Waals surface area contributed by atoms with Gasteiger partial charge in [-0.15, -0.1) is 10.2 Å². The van der Waals surface area contributed by atoms with Crippen molar-refractivity contribution in [1.29, 1.82) is 0 Å². The fraction of sp³-hybridized carbons (Fsp3) is 0.0588. The number of hydrogen-bond acceptors (Lipinski definition) is 7. The molecule has 0 fully saturated rings. The number of hydrazone groups is 1. The number of hydrogen-bond donors (Lipinski definition) is 2. The predicted octanol–water partition coefficient (Wildman–Crippen LogP) is 3.25. The molecule has 0 aliphatic carbocycles. The number of rotatable bonds is 4. The summed E-state index contributed by atoms with van der Waals surface area (Å²) in [7, 11) is 0. The average molecular weight is 347 g/mol. The number of para-hydroxylation sites is 1. The average Bonchev–Trinajstić information content (AvgIpc) is 3.04. The largest absolute Gasteiger partial charge is 0.338 e. The van der Waals surface area contributed by atoms with Crippen LogP contribution in [0.15, 0.2) is 53.6 Å². The number of aromatic nitrogens is 4. The van der Waals surface area contributed by atoms with Crippen LogP contribution in [0.1, 0.15) is 12.5 Å². The number of nitro groups is 1. The van der Waals surface area contributed by atoms with Crippen molar-refractivity contribution in [2.45, 2.75) is 6.92 Å². The van der Waals surface area contributed by atoms with Crippen LogP contribution in [0.2, 0.25) is 0 Å². The van der Waals surface area contributed by atoms with Gasteiger partial charge >= 0.3 is 0 Å². The quantitative estimate of drug-likeness (QED) is 0.332. The fourth-order valence-electron chi connectivity index (χ4n) is 2.61. The summed E-state index contributed by atoms with van der Waals surface area (Å²) in [6, 6.07) is 14.0. The molecule has 0 radical (unpaired) electrons. The molecule has 4 aromatic rings. The second kappa shape index (κ2) is 6.20. The van der Waals surface area contributed by atoms with Gasteiger partial charge in [0.05, 0.1) is 10.6 Å². The Morgan fingerprint density at radius 1 is 1.19 bits per heavy atom. The molecule has 0 unspecified atom stereocenters. The number of aromatic amines is 1. The van der Waals surface area contributed by atoms with Crippen molar-refractivity contribution < 1.29 is 4.92 Å². The van der Waals surface area contributed by atoms with Crippen molar-refractivity contribution in [3.8, 4) is 0 Å². The maximum atomic E-state index is 10.9. The topological polar surface area (TPSA) is 122 Å².